The molecule has 13 heavy (non-hydrogen) atoms. The Labute approximate surface area is 76.4 Å². The zero-order valence-electron chi connectivity index (χ0n) is 7.37. The predicted octanol–water partition coefficient (Wildman–Crippen LogP) is 0.983. The molecule has 0 saturated carbocycles. The molecule has 0 radical (unpaired) electrons. The van der Waals surface area contributed by atoms with Crippen LogP contribution in [0.1, 0.15) is 34.5 Å². The van der Waals surface area contributed by atoms with E-state index >= 15 is 0 Å². The molecule has 2 rings (SSSR count). The number of carbonyl (C=O) groups is 1. The monoisotopic (exact) mass is 177 g/mol. The SMILES string of the molecule is C[C@H](O)c1ccc2c(c1)C(=O)NC2. The molecular weight excluding hydrogens is 166 g/mol. The van der Waals surface area contributed by atoms with Crippen molar-refractivity contribution in [2.24, 2.45) is 0 Å². The minimum atomic E-state index is -0.515. The molecule has 0 spiro atoms. The third-order valence-electron chi connectivity index (χ3n) is 2.30. The van der Waals surface area contributed by atoms with Crippen LogP contribution < -0.4 is 5.32 Å². The molecule has 0 bridgehead atoms. The highest BCUT2D eigenvalue weighted by atomic mass is 16.3. The van der Waals surface area contributed by atoms with Crippen LogP contribution in [0.2, 0.25) is 0 Å². The first kappa shape index (κ1) is 8.26. The van der Waals surface area contributed by atoms with Crippen LogP contribution >= 0.6 is 0 Å². The molecule has 68 valence electrons. The molecule has 2 N–H and O–H groups in total. The van der Waals surface area contributed by atoms with E-state index in [-0.39, 0.29) is 5.91 Å². The molecule has 0 saturated heterocycles. The fourth-order valence-corrected chi connectivity index (χ4v) is 1.49. The molecule has 1 amide bonds. The lowest BCUT2D eigenvalue weighted by Crippen LogP contribution is -2.12. The zero-order valence-corrected chi connectivity index (χ0v) is 7.37. The number of carbonyl (C=O) groups excluding carboxylic acids is 1. The van der Waals surface area contributed by atoms with Crippen molar-refractivity contribution in [1.82, 2.24) is 5.32 Å². The number of aliphatic hydroxyl groups is 1. The van der Waals surface area contributed by atoms with Gasteiger partial charge in [0.25, 0.3) is 5.91 Å². The van der Waals surface area contributed by atoms with Crippen molar-refractivity contribution in [1.29, 1.82) is 0 Å². The van der Waals surface area contributed by atoms with Gasteiger partial charge in [0.2, 0.25) is 0 Å². The van der Waals surface area contributed by atoms with Gasteiger partial charge in [0.15, 0.2) is 0 Å². The molecule has 1 heterocycles. The van der Waals surface area contributed by atoms with Gasteiger partial charge in [-0.05, 0) is 24.1 Å². The highest BCUT2D eigenvalue weighted by molar-refractivity contribution is 5.98. The average Bonchev–Trinajstić information content (AvgIpc) is 2.47. The highest BCUT2D eigenvalue weighted by Gasteiger charge is 2.19. The number of benzene rings is 1. The molecule has 1 atom stereocenters. The number of nitrogens with one attached hydrogen (secondary N) is 1. The van der Waals surface area contributed by atoms with E-state index in [2.05, 4.69) is 5.32 Å². The first-order chi connectivity index (χ1) is 6.18. The fourth-order valence-electron chi connectivity index (χ4n) is 1.49. The summed E-state index contributed by atoms with van der Waals surface area (Å²) in [7, 11) is 0. The summed E-state index contributed by atoms with van der Waals surface area (Å²) in [6.45, 7) is 2.29. The van der Waals surface area contributed by atoms with Crippen molar-refractivity contribution >= 4 is 5.91 Å². The van der Waals surface area contributed by atoms with Crippen LogP contribution in [0.25, 0.3) is 0 Å². The van der Waals surface area contributed by atoms with Crippen LogP contribution in [0.15, 0.2) is 18.2 Å². The maximum absolute atomic E-state index is 11.2. The molecule has 0 aromatic heterocycles. The van der Waals surface area contributed by atoms with Crippen molar-refractivity contribution in [3.8, 4) is 0 Å². The number of hydrogen-bond acceptors (Lipinski definition) is 2. The number of aliphatic hydroxyl groups excluding tert-OH is 1. The first-order valence-electron chi connectivity index (χ1n) is 4.27. The van der Waals surface area contributed by atoms with Gasteiger partial charge in [-0.1, -0.05) is 12.1 Å². The summed E-state index contributed by atoms with van der Waals surface area (Å²) in [5, 5.41) is 12.0. The smallest absolute Gasteiger partial charge is 0.251 e. The molecule has 0 fully saturated rings. The van der Waals surface area contributed by atoms with Gasteiger partial charge in [0.05, 0.1) is 6.10 Å². The molecule has 0 aliphatic carbocycles. The largest absolute Gasteiger partial charge is 0.389 e. The molecule has 1 aliphatic rings. The minimum absolute atomic E-state index is 0.0440. The number of hydrogen-bond donors (Lipinski definition) is 2. The molecular formula is C10H11NO2. The Balaban J connectivity index is 2.48. The van der Waals surface area contributed by atoms with E-state index in [0.717, 1.165) is 11.1 Å². The van der Waals surface area contributed by atoms with E-state index < -0.39 is 6.10 Å². The maximum atomic E-state index is 11.2. The van der Waals surface area contributed by atoms with Gasteiger partial charge in [-0.15, -0.1) is 0 Å². The van der Waals surface area contributed by atoms with E-state index in [1.165, 1.54) is 0 Å². The number of fused-ring (bicyclic) bond motifs is 1. The van der Waals surface area contributed by atoms with Gasteiger partial charge >= 0.3 is 0 Å². The lowest BCUT2D eigenvalue weighted by molar-refractivity contribution is 0.0965. The molecule has 1 aromatic rings. The summed E-state index contributed by atoms with van der Waals surface area (Å²) >= 11 is 0. The van der Waals surface area contributed by atoms with Crippen LogP contribution in [0.5, 0.6) is 0 Å². The standard InChI is InChI=1S/C10H11NO2/c1-6(12)7-2-3-8-5-11-10(13)9(8)4-7/h2-4,6,12H,5H2,1H3,(H,11,13)/t6-/m0/s1. The predicted molar refractivity (Wildman–Crippen MR) is 48.2 cm³/mol. The third-order valence-corrected chi connectivity index (χ3v) is 2.30. The van der Waals surface area contributed by atoms with Crippen molar-refractivity contribution in [2.45, 2.75) is 19.6 Å². The zero-order chi connectivity index (χ0) is 9.42. The van der Waals surface area contributed by atoms with E-state index in [4.69, 9.17) is 0 Å². The Morgan fingerprint density at radius 1 is 1.54 bits per heavy atom. The summed E-state index contributed by atoms with van der Waals surface area (Å²) in [6.07, 6.45) is -0.515. The van der Waals surface area contributed by atoms with Gasteiger partial charge in [-0.25, -0.2) is 0 Å². The summed E-state index contributed by atoms with van der Waals surface area (Å²) in [6, 6.07) is 5.49. The summed E-state index contributed by atoms with van der Waals surface area (Å²) < 4.78 is 0. The second kappa shape index (κ2) is 2.85. The van der Waals surface area contributed by atoms with Crippen molar-refractivity contribution in [2.75, 3.05) is 0 Å². The first-order valence-corrected chi connectivity index (χ1v) is 4.27. The van der Waals surface area contributed by atoms with E-state index in [1.54, 1.807) is 13.0 Å². The third kappa shape index (κ3) is 1.31. The Kier molecular flexibility index (Phi) is 1.81. The van der Waals surface area contributed by atoms with E-state index in [1.807, 2.05) is 12.1 Å². The van der Waals surface area contributed by atoms with Crippen molar-refractivity contribution in [3.63, 3.8) is 0 Å². The lowest BCUT2D eigenvalue weighted by atomic mass is 10.0. The van der Waals surface area contributed by atoms with E-state index in [0.29, 0.717) is 12.1 Å². The maximum Gasteiger partial charge on any atom is 0.251 e. The van der Waals surface area contributed by atoms with Crippen LogP contribution in [0.4, 0.5) is 0 Å². The van der Waals surface area contributed by atoms with Crippen LogP contribution in [-0.4, -0.2) is 11.0 Å². The Morgan fingerprint density at radius 2 is 2.31 bits per heavy atom. The van der Waals surface area contributed by atoms with Crippen LogP contribution in [0, 0.1) is 0 Å². The fraction of sp³-hybridized carbons (Fsp3) is 0.300. The van der Waals surface area contributed by atoms with Crippen LogP contribution in [0.3, 0.4) is 0 Å². The summed E-state index contributed by atoms with van der Waals surface area (Å²) in [4.78, 5) is 11.2. The summed E-state index contributed by atoms with van der Waals surface area (Å²) in [5.74, 6) is -0.0440. The minimum Gasteiger partial charge on any atom is -0.389 e. The lowest BCUT2D eigenvalue weighted by Gasteiger charge is -2.05. The molecule has 0 unspecified atom stereocenters. The normalized spacial score (nSPS) is 16.6. The van der Waals surface area contributed by atoms with Gasteiger partial charge in [-0.2, -0.15) is 0 Å². The van der Waals surface area contributed by atoms with Crippen LogP contribution in [-0.2, 0) is 6.54 Å². The summed E-state index contributed by atoms with van der Waals surface area (Å²) in [5.41, 5.74) is 2.49. The second-order valence-corrected chi connectivity index (χ2v) is 3.28. The van der Waals surface area contributed by atoms with Gasteiger partial charge < -0.3 is 10.4 Å². The number of rotatable bonds is 1. The van der Waals surface area contributed by atoms with Gasteiger partial charge in [-0.3, -0.25) is 4.79 Å². The van der Waals surface area contributed by atoms with Crippen molar-refractivity contribution < 1.29 is 9.90 Å². The molecule has 3 nitrogen and oxygen atoms in total. The topological polar surface area (TPSA) is 49.3 Å². The average molecular weight is 177 g/mol. The van der Waals surface area contributed by atoms with Crippen molar-refractivity contribution in [3.05, 3.63) is 34.9 Å². The quantitative estimate of drug-likeness (QED) is 0.671. The Morgan fingerprint density at radius 3 is 3.00 bits per heavy atom. The molecule has 3 heteroatoms. The van der Waals surface area contributed by atoms with Gasteiger partial charge in [0.1, 0.15) is 0 Å². The molecule has 1 aliphatic heterocycles. The van der Waals surface area contributed by atoms with Gasteiger partial charge in [0, 0.05) is 12.1 Å². The molecule has 1 aromatic carbocycles. The van der Waals surface area contributed by atoms with E-state index in [9.17, 15) is 9.90 Å². The highest BCUT2D eigenvalue weighted by Crippen LogP contribution is 2.20. The second-order valence-electron chi connectivity index (χ2n) is 3.28. The Bertz CT molecular complexity index is 358. The number of amides is 1. The Hall–Kier alpha value is -1.35.